The molecule has 0 bridgehead atoms. The van der Waals surface area contributed by atoms with Crippen molar-refractivity contribution in [1.82, 2.24) is 29.9 Å². The van der Waals surface area contributed by atoms with Crippen LogP contribution in [0, 0.1) is 0 Å². The summed E-state index contributed by atoms with van der Waals surface area (Å²) >= 11 is 0. The highest BCUT2D eigenvalue weighted by Crippen LogP contribution is 2.49. The molecule has 142 valence electrons. The Balaban J connectivity index is 1.50. The van der Waals surface area contributed by atoms with Crippen LogP contribution in [0.5, 0.6) is 0 Å². The Morgan fingerprint density at radius 1 is 1.25 bits per heavy atom. The zero-order valence-electron chi connectivity index (χ0n) is 15.4. The Morgan fingerprint density at radius 2 is 2.14 bits per heavy atom. The molecule has 1 fully saturated rings. The van der Waals surface area contributed by atoms with E-state index in [9.17, 15) is 5.11 Å². The van der Waals surface area contributed by atoms with E-state index in [0.717, 1.165) is 40.7 Å². The Hall–Kier alpha value is -3.10. The van der Waals surface area contributed by atoms with Crippen LogP contribution in [0.4, 0.5) is 0 Å². The molecule has 0 amide bonds. The average molecular weight is 376 g/mol. The third kappa shape index (κ3) is 2.78. The van der Waals surface area contributed by atoms with Crippen LogP contribution in [0.15, 0.2) is 49.1 Å². The molecular formula is C20H20N6O2. The van der Waals surface area contributed by atoms with Gasteiger partial charge in [0.1, 0.15) is 12.4 Å². The number of benzene rings is 1. The molecule has 0 unspecified atom stereocenters. The molecular weight excluding hydrogens is 356 g/mol. The second-order valence-corrected chi connectivity index (χ2v) is 7.02. The van der Waals surface area contributed by atoms with Crippen molar-refractivity contribution in [3.05, 3.63) is 54.6 Å². The maximum absolute atomic E-state index is 10.8. The number of ether oxygens (including phenoxy) is 1. The first-order chi connectivity index (χ1) is 13.7. The zero-order valence-corrected chi connectivity index (χ0v) is 15.4. The minimum absolute atomic E-state index is 0.453. The van der Waals surface area contributed by atoms with E-state index in [4.69, 9.17) is 4.74 Å². The Labute approximate surface area is 161 Å². The van der Waals surface area contributed by atoms with Gasteiger partial charge in [-0.2, -0.15) is 10.2 Å². The summed E-state index contributed by atoms with van der Waals surface area (Å²) < 4.78 is 7.56. The summed E-state index contributed by atoms with van der Waals surface area (Å²) in [5.41, 5.74) is 2.82. The highest BCUT2D eigenvalue weighted by atomic mass is 16.5. The summed E-state index contributed by atoms with van der Waals surface area (Å²) in [5.74, 6) is 0.697. The van der Waals surface area contributed by atoms with E-state index < -0.39 is 11.7 Å². The van der Waals surface area contributed by atoms with Gasteiger partial charge in [0.05, 0.1) is 17.5 Å². The summed E-state index contributed by atoms with van der Waals surface area (Å²) in [6, 6.07) is 9.78. The van der Waals surface area contributed by atoms with Crippen molar-refractivity contribution in [2.75, 3.05) is 6.61 Å². The minimum Gasteiger partial charge on any atom is -0.385 e. The quantitative estimate of drug-likeness (QED) is 0.536. The molecule has 1 aliphatic carbocycles. The van der Waals surface area contributed by atoms with Crippen LogP contribution in [0.2, 0.25) is 0 Å². The number of aromatic amines is 1. The third-order valence-electron chi connectivity index (χ3n) is 5.20. The van der Waals surface area contributed by atoms with Crippen molar-refractivity contribution in [2.45, 2.75) is 31.5 Å². The van der Waals surface area contributed by atoms with Crippen LogP contribution >= 0.6 is 0 Å². The van der Waals surface area contributed by atoms with Gasteiger partial charge in [-0.3, -0.25) is 5.10 Å². The predicted molar refractivity (Wildman–Crippen MR) is 103 cm³/mol. The SMILES string of the molecule is CCOC1([C@H](O)c2cnc3c(cnn3-c3cccc(-c4ncn[nH]4)c3)c2)CC1. The molecule has 8 heteroatoms. The van der Waals surface area contributed by atoms with Gasteiger partial charge < -0.3 is 9.84 Å². The van der Waals surface area contributed by atoms with Gasteiger partial charge in [0.25, 0.3) is 0 Å². The van der Waals surface area contributed by atoms with Crippen LogP contribution < -0.4 is 0 Å². The summed E-state index contributed by atoms with van der Waals surface area (Å²) in [7, 11) is 0. The number of aliphatic hydroxyl groups excluding tert-OH is 1. The van der Waals surface area contributed by atoms with E-state index in [-0.39, 0.29) is 0 Å². The van der Waals surface area contributed by atoms with Gasteiger partial charge >= 0.3 is 0 Å². The molecule has 4 aromatic rings. The number of fused-ring (bicyclic) bond motifs is 1. The maximum Gasteiger partial charge on any atom is 0.162 e. The molecule has 28 heavy (non-hydrogen) atoms. The Bertz CT molecular complexity index is 1120. The number of hydrogen-bond acceptors (Lipinski definition) is 6. The summed E-state index contributed by atoms with van der Waals surface area (Å²) in [6.45, 7) is 2.54. The smallest absolute Gasteiger partial charge is 0.162 e. The van der Waals surface area contributed by atoms with Crippen LogP contribution in [-0.4, -0.2) is 47.3 Å². The van der Waals surface area contributed by atoms with E-state index in [1.54, 1.807) is 17.1 Å². The van der Waals surface area contributed by atoms with Crippen LogP contribution in [0.1, 0.15) is 31.4 Å². The molecule has 1 saturated carbocycles. The molecule has 0 aliphatic heterocycles. The molecule has 0 radical (unpaired) electrons. The molecule has 8 nitrogen and oxygen atoms in total. The predicted octanol–water partition coefficient (Wildman–Crippen LogP) is 2.81. The summed E-state index contributed by atoms with van der Waals surface area (Å²) in [6.07, 6.45) is 6.02. The van der Waals surface area contributed by atoms with Gasteiger partial charge in [0.15, 0.2) is 11.5 Å². The van der Waals surface area contributed by atoms with Gasteiger partial charge in [-0.1, -0.05) is 12.1 Å². The third-order valence-corrected chi connectivity index (χ3v) is 5.20. The van der Waals surface area contributed by atoms with E-state index in [2.05, 4.69) is 25.3 Å². The monoisotopic (exact) mass is 376 g/mol. The molecule has 0 spiro atoms. The van der Waals surface area contributed by atoms with Gasteiger partial charge in [-0.25, -0.2) is 14.6 Å². The lowest BCUT2D eigenvalue weighted by molar-refractivity contribution is -0.0542. The molecule has 2 N–H and O–H groups in total. The topological polar surface area (TPSA) is 102 Å². The molecule has 1 aliphatic rings. The first kappa shape index (κ1) is 17.0. The second kappa shape index (κ2) is 6.50. The molecule has 3 aromatic heterocycles. The van der Waals surface area contributed by atoms with Crippen molar-refractivity contribution in [1.29, 1.82) is 0 Å². The average Bonchev–Trinajstić information content (AvgIpc) is 3.15. The number of nitrogens with one attached hydrogen (secondary N) is 1. The lowest BCUT2D eigenvalue weighted by Gasteiger charge is -2.22. The number of aromatic nitrogens is 6. The van der Waals surface area contributed by atoms with E-state index >= 15 is 0 Å². The lowest BCUT2D eigenvalue weighted by atomic mass is 10.0. The molecule has 3 heterocycles. The highest BCUT2D eigenvalue weighted by molar-refractivity contribution is 5.77. The van der Waals surface area contributed by atoms with Crippen molar-refractivity contribution >= 4 is 11.0 Å². The van der Waals surface area contributed by atoms with Crippen LogP contribution in [0.25, 0.3) is 28.1 Å². The Morgan fingerprint density at radius 3 is 2.89 bits per heavy atom. The molecule has 1 aromatic carbocycles. The number of rotatable bonds is 6. The second-order valence-electron chi connectivity index (χ2n) is 7.02. The van der Waals surface area contributed by atoms with Gasteiger partial charge in [-0.15, -0.1) is 0 Å². The fourth-order valence-electron chi connectivity index (χ4n) is 3.62. The number of H-pyrrole nitrogens is 1. The molecule has 5 rings (SSSR count). The maximum atomic E-state index is 10.8. The molecule has 0 saturated heterocycles. The van der Waals surface area contributed by atoms with Crippen LogP contribution in [0.3, 0.4) is 0 Å². The highest BCUT2D eigenvalue weighted by Gasteiger charge is 2.50. The van der Waals surface area contributed by atoms with Crippen molar-refractivity contribution in [3.8, 4) is 17.1 Å². The first-order valence-electron chi connectivity index (χ1n) is 9.32. The summed E-state index contributed by atoms with van der Waals surface area (Å²) in [5, 5.41) is 22.9. The number of pyridine rings is 1. The van der Waals surface area contributed by atoms with Crippen LogP contribution in [-0.2, 0) is 4.74 Å². The fourth-order valence-corrected chi connectivity index (χ4v) is 3.62. The number of hydrogen-bond donors (Lipinski definition) is 2. The number of aliphatic hydroxyl groups is 1. The lowest BCUT2D eigenvalue weighted by Crippen LogP contribution is -2.24. The van der Waals surface area contributed by atoms with Gasteiger partial charge in [0.2, 0.25) is 0 Å². The fraction of sp³-hybridized carbons (Fsp3) is 0.300. The van der Waals surface area contributed by atoms with E-state index in [0.29, 0.717) is 12.4 Å². The number of nitrogens with zero attached hydrogens (tertiary/aromatic N) is 5. The zero-order chi connectivity index (χ0) is 19.1. The molecule has 1 atom stereocenters. The van der Waals surface area contributed by atoms with E-state index in [1.807, 2.05) is 37.3 Å². The van der Waals surface area contributed by atoms with E-state index in [1.165, 1.54) is 6.33 Å². The first-order valence-corrected chi connectivity index (χ1v) is 9.32. The standard InChI is InChI=1S/C20H20N6O2/c1-2-28-20(6-7-20)17(27)14-8-15-11-24-26(19(15)21-10-14)16-5-3-4-13(9-16)18-22-12-23-25-18/h3-5,8-12,17,27H,2,6-7H2,1H3,(H,22,23,25)/t17-/m1/s1. The van der Waals surface area contributed by atoms with Crippen molar-refractivity contribution in [3.63, 3.8) is 0 Å². The largest absolute Gasteiger partial charge is 0.385 e. The summed E-state index contributed by atoms with van der Waals surface area (Å²) in [4.78, 5) is 8.78. The van der Waals surface area contributed by atoms with Gasteiger partial charge in [0, 0.05) is 29.3 Å². The Kier molecular flexibility index (Phi) is 3.96. The van der Waals surface area contributed by atoms with Crippen molar-refractivity contribution < 1.29 is 9.84 Å². The normalized spacial score (nSPS) is 16.4. The van der Waals surface area contributed by atoms with Gasteiger partial charge in [-0.05, 0) is 38.0 Å². The van der Waals surface area contributed by atoms with Crippen molar-refractivity contribution in [2.24, 2.45) is 0 Å². The minimum atomic E-state index is -0.678.